The Kier molecular flexibility index (Phi) is 4.53. The van der Waals surface area contributed by atoms with Gasteiger partial charge in [-0.05, 0) is 31.2 Å². The first-order chi connectivity index (χ1) is 8.04. The predicted molar refractivity (Wildman–Crippen MR) is 67.9 cm³/mol. The number of nitriles is 1. The van der Waals surface area contributed by atoms with E-state index in [1.54, 1.807) is 12.1 Å². The van der Waals surface area contributed by atoms with Gasteiger partial charge in [0, 0.05) is 31.4 Å². The van der Waals surface area contributed by atoms with Crippen LogP contribution >= 0.6 is 0 Å². The molecule has 4 heteroatoms. The molecule has 1 rings (SSSR count). The molecule has 0 aliphatic heterocycles. The molecule has 1 amide bonds. The minimum atomic E-state index is -0.141. The first-order valence-electron chi connectivity index (χ1n) is 5.49. The normalized spacial score (nSPS) is 11.4. The van der Waals surface area contributed by atoms with Crippen LogP contribution in [-0.2, 0) is 0 Å². The highest BCUT2D eigenvalue weighted by molar-refractivity contribution is 5.94. The number of nitrogens with one attached hydrogen (secondary N) is 1. The van der Waals surface area contributed by atoms with Gasteiger partial charge in [0.05, 0.1) is 12.5 Å². The molecule has 1 atom stereocenters. The third kappa shape index (κ3) is 3.80. The molecule has 90 valence electrons. The highest BCUT2D eigenvalue weighted by Crippen LogP contribution is 2.12. The van der Waals surface area contributed by atoms with Gasteiger partial charge in [0.15, 0.2) is 0 Å². The van der Waals surface area contributed by atoms with Gasteiger partial charge in [-0.3, -0.25) is 4.79 Å². The summed E-state index contributed by atoms with van der Waals surface area (Å²) in [5.41, 5.74) is 1.66. The molecule has 0 aliphatic rings. The lowest BCUT2D eigenvalue weighted by Crippen LogP contribution is -2.32. The summed E-state index contributed by atoms with van der Waals surface area (Å²) in [6.07, 6.45) is 0.321. The maximum atomic E-state index is 11.8. The fourth-order valence-electron chi connectivity index (χ4n) is 1.41. The molecule has 1 N–H and O–H groups in total. The Balaban J connectivity index is 2.67. The molecule has 4 nitrogen and oxygen atoms in total. The molecule has 0 fully saturated rings. The molecule has 17 heavy (non-hydrogen) atoms. The van der Waals surface area contributed by atoms with Crippen LogP contribution in [0.25, 0.3) is 0 Å². The van der Waals surface area contributed by atoms with E-state index in [1.807, 2.05) is 44.1 Å². The van der Waals surface area contributed by atoms with Crippen molar-refractivity contribution < 1.29 is 4.79 Å². The van der Waals surface area contributed by atoms with Crippen LogP contribution in [0.1, 0.15) is 23.7 Å². The summed E-state index contributed by atoms with van der Waals surface area (Å²) in [6.45, 7) is 1.81. The molecule has 1 unspecified atom stereocenters. The lowest BCUT2D eigenvalue weighted by Gasteiger charge is -2.13. The van der Waals surface area contributed by atoms with E-state index in [1.165, 1.54) is 0 Å². The fourth-order valence-corrected chi connectivity index (χ4v) is 1.41. The van der Waals surface area contributed by atoms with Gasteiger partial charge < -0.3 is 10.2 Å². The number of amides is 1. The second-order valence-electron chi connectivity index (χ2n) is 4.18. The number of rotatable bonds is 4. The first-order valence-corrected chi connectivity index (χ1v) is 5.49. The summed E-state index contributed by atoms with van der Waals surface area (Å²) in [7, 11) is 3.90. The number of anilines is 1. The van der Waals surface area contributed by atoms with Crippen LogP contribution in [0.15, 0.2) is 24.3 Å². The Morgan fingerprint density at radius 3 is 2.47 bits per heavy atom. The SMILES string of the molecule is CC(CC#N)NC(=O)c1ccc(N(C)C)cc1. The van der Waals surface area contributed by atoms with E-state index < -0.39 is 0 Å². The number of hydrogen-bond acceptors (Lipinski definition) is 3. The number of carbonyl (C=O) groups excluding carboxylic acids is 1. The van der Waals surface area contributed by atoms with Crippen LogP contribution in [0.2, 0.25) is 0 Å². The monoisotopic (exact) mass is 231 g/mol. The first kappa shape index (κ1) is 13.0. The van der Waals surface area contributed by atoms with Gasteiger partial charge in [-0.15, -0.1) is 0 Å². The molecular weight excluding hydrogens is 214 g/mol. The highest BCUT2D eigenvalue weighted by atomic mass is 16.1. The molecule has 0 saturated carbocycles. The van der Waals surface area contributed by atoms with E-state index in [4.69, 9.17) is 5.26 Å². The van der Waals surface area contributed by atoms with E-state index in [2.05, 4.69) is 5.32 Å². The van der Waals surface area contributed by atoms with Crippen molar-refractivity contribution in [1.29, 1.82) is 5.26 Å². The predicted octanol–water partition coefficient (Wildman–Crippen LogP) is 1.78. The van der Waals surface area contributed by atoms with E-state index in [-0.39, 0.29) is 11.9 Å². The van der Waals surface area contributed by atoms with Gasteiger partial charge in [0.1, 0.15) is 0 Å². The van der Waals surface area contributed by atoms with Crippen molar-refractivity contribution in [3.8, 4) is 6.07 Å². The summed E-state index contributed by atoms with van der Waals surface area (Å²) in [5, 5.41) is 11.3. The molecule has 0 saturated heterocycles. The van der Waals surface area contributed by atoms with Gasteiger partial charge >= 0.3 is 0 Å². The molecule has 1 aromatic carbocycles. The third-order valence-corrected chi connectivity index (χ3v) is 2.42. The zero-order chi connectivity index (χ0) is 12.8. The smallest absolute Gasteiger partial charge is 0.251 e. The fraction of sp³-hybridized carbons (Fsp3) is 0.385. The summed E-state index contributed by atoms with van der Waals surface area (Å²) in [4.78, 5) is 13.7. The van der Waals surface area contributed by atoms with Crippen LogP contribution in [0, 0.1) is 11.3 Å². The maximum Gasteiger partial charge on any atom is 0.251 e. The molecule has 0 bridgehead atoms. The molecular formula is C13H17N3O. The van der Waals surface area contributed by atoms with E-state index >= 15 is 0 Å². The van der Waals surface area contributed by atoms with Crippen molar-refractivity contribution in [2.24, 2.45) is 0 Å². The summed E-state index contributed by atoms with van der Waals surface area (Å²) in [6, 6.07) is 9.25. The van der Waals surface area contributed by atoms with Crippen LogP contribution in [0.4, 0.5) is 5.69 Å². The van der Waals surface area contributed by atoms with Crippen molar-refractivity contribution >= 4 is 11.6 Å². The Morgan fingerprint density at radius 1 is 1.41 bits per heavy atom. The van der Waals surface area contributed by atoms with Crippen molar-refractivity contribution in [1.82, 2.24) is 5.32 Å². The number of nitrogens with zero attached hydrogens (tertiary/aromatic N) is 2. The zero-order valence-electron chi connectivity index (χ0n) is 10.4. The second-order valence-corrected chi connectivity index (χ2v) is 4.18. The standard InChI is InChI=1S/C13H17N3O/c1-10(8-9-14)15-13(17)11-4-6-12(7-5-11)16(2)3/h4-7,10H,8H2,1-3H3,(H,15,17). The van der Waals surface area contributed by atoms with Crippen molar-refractivity contribution in [2.75, 3.05) is 19.0 Å². The third-order valence-electron chi connectivity index (χ3n) is 2.42. The number of carbonyl (C=O) groups is 1. The Hall–Kier alpha value is -2.02. The van der Waals surface area contributed by atoms with Crippen LogP contribution in [-0.4, -0.2) is 26.0 Å². The number of hydrogen-bond donors (Lipinski definition) is 1. The van der Waals surface area contributed by atoms with Crippen LogP contribution < -0.4 is 10.2 Å². The minimum Gasteiger partial charge on any atom is -0.378 e. The van der Waals surface area contributed by atoms with Gasteiger partial charge in [-0.2, -0.15) is 5.26 Å². The second kappa shape index (κ2) is 5.90. The quantitative estimate of drug-likeness (QED) is 0.859. The molecule has 0 radical (unpaired) electrons. The summed E-state index contributed by atoms with van der Waals surface area (Å²) >= 11 is 0. The largest absolute Gasteiger partial charge is 0.378 e. The van der Waals surface area contributed by atoms with E-state index in [0.717, 1.165) is 5.69 Å². The minimum absolute atomic E-state index is 0.124. The average molecular weight is 231 g/mol. The number of benzene rings is 1. The van der Waals surface area contributed by atoms with Crippen molar-refractivity contribution in [3.05, 3.63) is 29.8 Å². The average Bonchev–Trinajstić information content (AvgIpc) is 2.29. The molecule has 0 aromatic heterocycles. The maximum absolute atomic E-state index is 11.8. The van der Waals surface area contributed by atoms with Crippen molar-refractivity contribution in [3.63, 3.8) is 0 Å². The Labute approximate surface area is 102 Å². The van der Waals surface area contributed by atoms with Gasteiger partial charge in [0.2, 0.25) is 0 Å². The zero-order valence-corrected chi connectivity index (χ0v) is 10.4. The van der Waals surface area contributed by atoms with Gasteiger partial charge in [-0.25, -0.2) is 0 Å². The van der Waals surface area contributed by atoms with E-state index in [9.17, 15) is 4.79 Å². The molecule has 0 heterocycles. The Morgan fingerprint density at radius 2 is 2.00 bits per heavy atom. The topological polar surface area (TPSA) is 56.1 Å². The molecule has 0 spiro atoms. The lowest BCUT2D eigenvalue weighted by atomic mass is 10.1. The summed E-state index contributed by atoms with van der Waals surface area (Å²) in [5.74, 6) is -0.141. The van der Waals surface area contributed by atoms with Crippen LogP contribution in [0.5, 0.6) is 0 Å². The van der Waals surface area contributed by atoms with E-state index in [0.29, 0.717) is 12.0 Å². The lowest BCUT2D eigenvalue weighted by molar-refractivity contribution is 0.0941. The molecule has 1 aromatic rings. The Bertz CT molecular complexity index is 417. The van der Waals surface area contributed by atoms with Gasteiger partial charge in [-0.1, -0.05) is 0 Å². The van der Waals surface area contributed by atoms with Crippen LogP contribution in [0.3, 0.4) is 0 Å². The van der Waals surface area contributed by atoms with Gasteiger partial charge in [0.25, 0.3) is 5.91 Å². The summed E-state index contributed by atoms with van der Waals surface area (Å²) < 4.78 is 0. The van der Waals surface area contributed by atoms with Crippen molar-refractivity contribution in [2.45, 2.75) is 19.4 Å². The molecule has 0 aliphatic carbocycles. The highest BCUT2D eigenvalue weighted by Gasteiger charge is 2.09.